The van der Waals surface area contributed by atoms with Gasteiger partial charge < -0.3 is 10.6 Å². The van der Waals surface area contributed by atoms with Crippen LogP contribution in [0.15, 0.2) is 66.9 Å². The Labute approximate surface area is 145 Å². The van der Waals surface area contributed by atoms with E-state index in [1.165, 1.54) is 0 Å². The number of halogens is 1. The summed E-state index contributed by atoms with van der Waals surface area (Å²) < 4.78 is 0. The molecule has 120 valence electrons. The lowest BCUT2D eigenvalue weighted by molar-refractivity contribution is 0.102. The van der Waals surface area contributed by atoms with Gasteiger partial charge in [0.2, 0.25) is 0 Å². The largest absolute Gasteiger partial charge is 0.340 e. The molecule has 5 heteroatoms. The lowest BCUT2D eigenvalue weighted by Crippen LogP contribution is -2.11. The maximum Gasteiger partial charge on any atom is 0.255 e. The minimum atomic E-state index is -0.163. The molecule has 0 fully saturated rings. The molecule has 2 N–H and O–H groups in total. The third kappa shape index (κ3) is 3.91. The highest BCUT2D eigenvalue weighted by Gasteiger charge is 2.05. The third-order valence-electron chi connectivity index (χ3n) is 3.50. The number of anilines is 3. The number of hydrogen-bond donors (Lipinski definition) is 2. The number of hydrogen-bond acceptors (Lipinski definition) is 3. The number of aryl methyl sites for hydroxylation is 1. The van der Waals surface area contributed by atoms with Crippen molar-refractivity contribution in [3.8, 4) is 0 Å². The van der Waals surface area contributed by atoms with Crippen molar-refractivity contribution in [2.75, 3.05) is 10.6 Å². The Balaban J connectivity index is 1.67. The zero-order chi connectivity index (χ0) is 16.9. The Hall–Kier alpha value is -2.85. The molecule has 0 aliphatic rings. The van der Waals surface area contributed by atoms with E-state index >= 15 is 0 Å². The number of carbonyl (C=O) groups is 1. The number of pyridine rings is 1. The molecule has 1 heterocycles. The van der Waals surface area contributed by atoms with Crippen LogP contribution in [0, 0.1) is 6.92 Å². The van der Waals surface area contributed by atoms with Gasteiger partial charge in [-0.25, -0.2) is 4.98 Å². The van der Waals surface area contributed by atoms with E-state index < -0.39 is 0 Å². The molecule has 0 saturated heterocycles. The van der Waals surface area contributed by atoms with Crippen LogP contribution in [0.25, 0.3) is 0 Å². The van der Waals surface area contributed by atoms with E-state index in [1.807, 2.05) is 43.3 Å². The van der Waals surface area contributed by atoms with Gasteiger partial charge in [-0.15, -0.1) is 0 Å². The van der Waals surface area contributed by atoms with Crippen LogP contribution in [0.4, 0.5) is 17.2 Å². The summed E-state index contributed by atoms with van der Waals surface area (Å²) in [4.78, 5) is 16.4. The number of aromatic nitrogens is 1. The number of rotatable bonds is 4. The van der Waals surface area contributed by atoms with Crippen LogP contribution in [0.2, 0.25) is 5.02 Å². The van der Waals surface area contributed by atoms with Crippen LogP contribution >= 0.6 is 11.6 Å². The predicted molar refractivity (Wildman–Crippen MR) is 98.1 cm³/mol. The van der Waals surface area contributed by atoms with Crippen LogP contribution in [-0.2, 0) is 0 Å². The van der Waals surface area contributed by atoms with Crippen LogP contribution in [-0.4, -0.2) is 10.9 Å². The lowest BCUT2D eigenvalue weighted by atomic mass is 10.2. The molecule has 0 saturated carbocycles. The Kier molecular flexibility index (Phi) is 4.77. The fourth-order valence-electron chi connectivity index (χ4n) is 2.15. The molecule has 0 aliphatic carbocycles. The van der Waals surface area contributed by atoms with Gasteiger partial charge in [0.15, 0.2) is 0 Å². The van der Waals surface area contributed by atoms with Crippen LogP contribution in [0.3, 0.4) is 0 Å². The van der Waals surface area contributed by atoms with E-state index in [0.717, 1.165) is 11.3 Å². The maximum atomic E-state index is 12.1. The number of nitrogens with zero attached hydrogens (tertiary/aromatic N) is 1. The number of carbonyl (C=O) groups excluding carboxylic acids is 1. The zero-order valence-corrected chi connectivity index (χ0v) is 13.8. The zero-order valence-electron chi connectivity index (χ0n) is 13.1. The second-order valence-electron chi connectivity index (χ2n) is 5.34. The molecule has 0 radical (unpaired) electrons. The van der Waals surface area contributed by atoms with E-state index in [-0.39, 0.29) is 5.91 Å². The monoisotopic (exact) mass is 337 g/mol. The van der Waals surface area contributed by atoms with E-state index in [4.69, 9.17) is 11.6 Å². The first kappa shape index (κ1) is 16.0. The van der Waals surface area contributed by atoms with Gasteiger partial charge in [0, 0.05) is 16.3 Å². The van der Waals surface area contributed by atoms with Crippen molar-refractivity contribution in [3.63, 3.8) is 0 Å². The number of amides is 1. The second kappa shape index (κ2) is 7.15. The first-order chi connectivity index (χ1) is 11.6. The molecular weight excluding hydrogens is 322 g/mol. The van der Waals surface area contributed by atoms with E-state index in [9.17, 15) is 4.79 Å². The van der Waals surface area contributed by atoms with Gasteiger partial charge in [-0.05, 0) is 48.9 Å². The van der Waals surface area contributed by atoms with Crippen molar-refractivity contribution < 1.29 is 4.79 Å². The van der Waals surface area contributed by atoms with Crippen LogP contribution in [0.1, 0.15) is 15.9 Å². The molecule has 0 unspecified atom stereocenters. The minimum Gasteiger partial charge on any atom is -0.340 e. The Morgan fingerprint density at radius 3 is 2.42 bits per heavy atom. The maximum absolute atomic E-state index is 12.1. The Morgan fingerprint density at radius 1 is 1.00 bits per heavy atom. The fraction of sp³-hybridized carbons (Fsp3) is 0.0526. The highest BCUT2D eigenvalue weighted by molar-refractivity contribution is 6.31. The molecule has 0 spiro atoms. The molecule has 24 heavy (non-hydrogen) atoms. The van der Waals surface area contributed by atoms with Crippen molar-refractivity contribution in [1.29, 1.82) is 0 Å². The van der Waals surface area contributed by atoms with Crippen LogP contribution in [0.5, 0.6) is 0 Å². The molecule has 4 nitrogen and oxygen atoms in total. The van der Waals surface area contributed by atoms with Crippen molar-refractivity contribution in [2.45, 2.75) is 6.92 Å². The minimum absolute atomic E-state index is 0.163. The summed E-state index contributed by atoms with van der Waals surface area (Å²) in [6.07, 6.45) is 1.61. The molecule has 2 aromatic carbocycles. The molecule has 1 aromatic heterocycles. The summed E-state index contributed by atoms with van der Waals surface area (Å²) in [5.74, 6) is 0.510. The molecule has 3 aromatic rings. The quantitative estimate of drug-likeness (QED) is 0.701. The van der Waals surface area contributed by atoms with Gasteiger partial charge in [-0.2, -0.15) is 0 Å². The predicted octanol–water partition coefficient (Wildman–Crippen LogP) is 5.04. The average molecular weight is 338 g/mol. The smallest absolute Gasteiger partial charge is 0.255 e. The van der Waals surface area contributed by atoms with Gasteiger partial charge in [-0.3, -0.25) is 4.79 Å². The molecule has 0 aliphatic heterocycles. The normalized spacial score (nSPS) is 10.2. The second-order valence-corrected chi connectivity index (χ2v) is 5.75. The van der Waals surface area contributed by atoms with Crippen molar-refractivity contribution in [2.24, 2.45) is 0 Å². The van der Waals surface area contributed by atoms with Gasteiger partial charge in [-0.1, -0.05) is 35.9 Å². The Bertz CT molecular complexity index is 848. The number of nitrogens with one attached hydrogen (secondary N) is 2. The molecular formula is C19H16ClN3O. The molecule has 1 amide bonds. The van der Waals surface area contributed by atoms with E-state index in [1.54, 1.807) is 30.5 Å². The average Bonchev–Trinajstić information content (AvgIpc) is 2.61. The Morgan fingerprint density at radius 2 is 1.75 bits per heavy atom. The highest BCUT2D eigenvalue weighted by Crippen LogP contribution is 2.22. The van der Waals surface area contributed by atoms with E-state index in [2.05, 4.69) is 15.6 Å². The van der Waals surface area contributed by atoms with Crippen LogP contribution < -0.4 is 10.6 Å². The first-order valence-electron chi connectivity index (χ1n) is 7.47. The van der Waals surface area contributed by atoms with Gasteiger partial charge in [0.1, 0.15) is 5.82 Å². The summed E-state index contributed by atoms with van der Waals surface area (Å²) in [7, 11) is 0. The molecule has 0 atom stereocenters. The van der Waals surface area contributed by atoms with Gasteiger partial charge >= 0.3 is 0 Å². The van der Waals surface area contributed by atoms with Crippen molar-refractivity contribution in [1.82, 2.24) is 4.98 Å². The van der Waals surface area contributed by atoms with E-state index in [0.29, 0.717) is 22.1 Å². The highest BCUT2D eigenvalue weighted by atomic mass is 35.5. The lowest BCUT2D eigenvalue weighted by Gasteiger charge is -2.09. The van der Waals surface area contributed by atoms with Crippen molar-refractivity contribution >= 4 is 34.7 Å². The molecule has 3 rings (SSSR count). The summed E-state index contributed by atoms with van der Waals surface area (Å²) in [5.41, 5.74) is 3.12. The summed E-state index contributed by atoms with van der Waals surface area (Å²) in [6, 6.07) is 18.4. The first-order valence-corrected chi connectivity index (χ1v) is 7.85. The summed E-state index contributed by atoms with van der Waals surface area (Å²) in [5, 5.41) is 6.69. The third-order valence-corrected chi connectivity index (χ3v) is 3.91. The van der Waals surface area contributed by atoms with Crippen molar-refractivity contribution in [3.05, 3.63) is 83.0 Å². The summed E-state index contributed by atoms with van der Waals surface area (Å²) in [6.45, 7) is 1.95. The fourth-order valence-corrected chi connectivity index (χ4v) is 2.33. The van der Waals surface area contributed by atoms with Gasteiger partial charge in [0.05, 0.1) is 11.9 Å². The topological polar surface area (TPSA) is 54.0 Å². The standard InChI is InChI=1S/C19H16ClN3O/c1-13-7-8-15(11-17(13)20)22-18-10-9-16(12-21-18)23-19(24)14-5-3-2-4-6-14/h2-12H,1H3,(H,21,22)(H,23,24). The summed E-state index contributed by atoms with van der Waals surface area (Å²) >= 11 is 6.11. The number of benzene rings is 2. The molecule has 0 bridgehead atoms. The SMILES string of the molecule is Cc1ccc(Nc2ccc(NC(=O)c3ccccc3)cn2)cc1Cl. The van der Waals surface area contributed by atoms with Gasteiger partial charge in [0.25, 0.3) is 5.91 Å².